The predicted octanol–water partition coefficient (Wildman–Crippen LogP) is 0.948. The van der Waals surface area contributed by atoms with Crippen molar-refractivity contribution in [2.75, 3.05) is 13.1 Å². The van der Waals surface area contributed by atoms with Gasteiger partial charge in [0.15, 0.2) is 0 Å². The first-order valence-corrected chi connectivity index (χ1v) is 7.76. The number of carboxylic acids is 1. The summed E-state index contributed by atoms with van der Waals surface area (Å²) in [5, 5.41) is 13.1. The van der Waals surface area contributed by atoms with Crippen LogP contribution in [0.3, 0.4) is 0 Å². The van der Waals surface area contributed by atoms with Crippen LogP contribution in [0.25, 0.3) is 0 Å². The van der Waals surface area contributed by atoms with Crippen LogP contribution in [0.1, 0.15) is 39.4 Å². The molecule has 1 aromatic rings. The minimum Gasteiger partial charge on any atom is -0.480 e. The second-order valence-corrected chi connectivity index (χ2v) is 6.11. The Morgan fingerprint density at radius 3 is 2.62 bits per heavy atom. The van der Waals surface area contributed by atoms with Crippen LogP contribution in [-0.4, -0.2) is 36.0 Å². The Morgan fingerprint density at radius 1 is 1.10 bits per heavy atom. The Kier molecular flexibility index (Phi) is 5.32. The van der Waals surface area contributed by atoms with Gasteiger partial charge in [-0.05, 0) is 37.3 Å². The van der Waals surface area contributed by atoms with Crippen LogP contribution < -0.4 is 10.6 Å². The van der Waals surface area contributed by atoms with Crippen LogP contribution >= 0.6 is 11.3 Å². The monoisotopic (exact) mass is 310 g/mol. The fourth-order valence-corrected chi connectivity index (χ4v) is 3.43. The molecule has 0 spiro atoms. The van der Waals surface area contributed by atoms with E-state index in [-0.39, 0.29) is 12.5 Å². The van der Waals surface area contributed by atoms with Crippen molar-refractivity contribution in [1.29, 1.82) is 0 Å². The molecule has 0 fully saturated rings. The van der Waals surface area contributed by atoms with Gasteiger partial charge in [0, 0.05) is 4.88 Å². The average Bonchev–Trinajstić information content (AvgIpc) is 2.73. The number of aliphatic carboxylic acids is 1. The fourth-order valence-electron chi connectivity index (χ4n) is 2.26. The molecule has 2 amide bonds. The van der Waals surface area contributed by atoms with Gasteiger partial charge in [0.25, 0.3) is 5.91 Å². The molecule has 1 aliphatic carbocycles. The minimum atomic E-state index is -1.11. The van der Waals surface area contributed by atoms with Crippen molar-refractivity contribution in [2.24, 2.45) is 0 Å². The molecule has 114 valence electrons. The molecule has 0 unspecified atom stereocenters. The first kappa shape index (κ1) is 15.5. The number of amides is 2. The smallest absolute Gasteiger partial charge is 0.322 e. The van der Waals surface area contributed by atoms with Crippen molar-refractivity contribution in [3.05, 3.63) is 21.4 Å². The van der Waals surface area contributed by atoms with Gasteiger partial charge in [0.05, 0.1) is 11.4 Å². The van der Waals surface area contributed by atoms with E-state index in [0.29, 0.717) is 4.88 Å². The summed E-state index contributed by atoms with van der Waals surface area (Å²) in [4.78, 5) is 35.5. The molecule has 1 aliphatic rings. The Labute approximate surface area is 126 Å². The molecule has 1 aromatic heterocycles. The van der Waals surface area contributed by atoms with Gasteiger partial charge in [-0.2, -0.15) is 0 Å². The third kappa shape index (κ3) is 4.56. The van der Waals surface area contributed by atoms with E-state index >= 15 is 0 Å². The number of hydrogen-bond acceptors (Lipinski definition) is 4. The SMILES string of the molecule is O=C(O)CNC(=O)CNC(=O)c1cc2c(s1)CCCCC2. The van der Waals surface area contributed by atoms with Gasteiger partial charge in [0.1, 0.15) is 6.54 Å². The Hall–Kier alpha value is -1.89. The van der Waals surface area contributed by atoms with Gasteiger partial charge >= 0.3 is 5.97 Å². The van der Waals surface area contributed by atoms with E-state index in [1.54, 1.807) is 0 Å². The number of carbonyl (C=O) groups excluding carboxylic acids is 2. The number of carbonyl (C=O) groups is 3. The number of aryl methyl sites for hydroxylation is 2. The molecule has 2 rings (SSSR count). The van der Waals surface area contributed by atoms with E-state index in [2.05, 4.69) is 10.6 Å². The van der Waals surface area contributed by atoms with Crippen molar-refractivity contribution in [2.45, 2.75) is 32.1 Å². The summed E-state index contributed by atoms with van der Waals surface area (Å²) < 4.78 is 0. The van der Waals surface area contributed by atoms with E-state index in [1.807, 2.05) is 6.07 Å². The number of rotatable bonds is 5. The molecule has 3 N–H and O–H groups in total. The van der Waals surface area contributed by atoms with Crippen LogP contribution in [-0.2, 0) is 22.4 Å². The highest BCUT2D eigenvalue weighted by atomic mass is 32.1. The highest BCUT2D eigenvalue weighted by Crippen LogP contribution is 2.28. The highest BCUT2D eigenvalue weighted by Gasteiger charge is 2.16. The van der Waals surface area contributed by atoms with Crippen molar-refractivity contribution >= 4 is 29.1 Å². The normalized spacial score (nSPS) is 13.9. The van der Waals surface area contributed by atoms with Crippen LogP contribution in [0.4, 0.5) is 0 Å². The summed E-state index contributed by atoms with van der Waals surface area (Å²) in [6, 6.07) is 1.91. The maximum atomic E-state index is 12.0. The van der Waals surface area contributed by atoms with E-state index in [1.165, 1.54) is 28.2 Å². The first-order valence-electron chi connectivity index (χ1n) is 6.94. The predicted molar refractivity (Wildman–Crippen MR) is 78.6 cm³/mol. The summed E-state index contributed by atoms with van der Waals surface area (Å²) in [6.07, 6.45) is 5.58. The number of fused-ring (bicyclic) bond motifs is 1. The second kappa shape index (κ2) is 7.21. The summed E-state index contributed by atoms with van der Waals surface area (Å²) in [5.74, 6) is -1.90. The van der Waals surface area contributed by atoms with Gasteiger partial charge in [-0.3, -0.25) is 14.4 Å². The number of hydrogen-bond donors (Lipinski definition) is 3. The quantitative estimate of drug-likeness (QED) is 0.706. The Morgan fingerprint density at radius 2 is 1.86 bits per heavy atom. The van der Waals surface area contributed by atoms with E-state index in [0.717, 1.165) is 25.7 Å². The van der Waals surface area contributed by atoms with Crippen LogP contribution in [0.2, 0.25) is 0 Å². The molecule has 0 aromatic carbocycles. The summed E-state index contributed by atoms with van der Waals surface area (Å²) in [5.41, 5.74) is 1.25. The van der Waals surface area contributed by atoms with Gasteiger partial charge in [-0.1, -0.05) is 6.42 Å². The third-order valence-electron chi connectivity index (χ3n) is 3.32. The lowest BCUT2D eigenvalue weighted by Gasteiger charge is -2.03. The van der Waals surface area contributed by atoms with Gasteiger partial charge in [-0.25, -0.2) is 0 Å². The highest BCUT2D eigenvalue weighted by molar-refractivity contribution is 7.14. The zero-order chi connectivity index (χ0) is 15.2. The molecular weight excluding hydrogens is 292 g/mol. The molecule has 21 heavy (non-hydrogen) atoms. The number of carboxylic acid groups (broad SMARTS) is 1. The lowest BCUT2D eigenvalue weighted by molar-refractivity contribution is -0.137. The zero-order valence-electron chi connectivity index (χ0n) is 11.6. The number of nitrogens with one attached hydrogen (secondary N) is 2. The minimum absolute atomic E-state index is 0.214. The lowest BCUT2D eigenvalue weighted by Crippen LogP contribution is -2.38. The maximum absolute atomic E-state index is 12.0. The van der Waals surface area contributed by atoms with E-state index in [9.17, 15) is 14.4 Å². The average molecular weight is 310 g/mol. The molecule has 1 heterocycles. The van der Waals surface area contributed by atoms with Gasteiger partial charge in [0.2, 0.25) is 5.91 Å². The molecular formula is C14H18N2O4S. The number of thiophene rings is 1. The molecule has 0 aliphatic heterocycles. The summed E-state index contributed by atoms with van der Waals surface area (Å²) in [6.45, 7) is -0.656. The Bertz CT molecular complexity index is 530. The van der Waals surface area contributed by atoms with Crippen LogP contribution in [0.15, 0.2) is 6.07 Å². The maximum Gasteiger partial charge on any atom is 0.322 e. The van der Waals surface area contributed by atoms with Crippen molar-refractivity contribution in [3.8, 4) is 0 Å². The van der Waals surface area contributed by atoms with E-state index < -0.39 is 18.4 Å². The molecule has 0 saturated carbocycles. The van der Waals surface area contributed by atoms with Crippen molar-refractivity contribution in [1.82, 2.24) is 10.6 Å². The standard InChI is InChI=1S/C14H18N2O4S/c17-12(15-8-13(18)19)7-16-14(20)11-6-9-4-2-1-3-5-10(9)21-11/h6H,1-5,7-8H2,(H,15,17)(H,16,20)(H,18,19). The molecule has 0 radical (unpaired) electrons. The summed E-state index contributed by atoms with van der Waals surface area (Å²) in [7, 11) is 0. The third-order valence-corrected chi connectivity index (χ3v) is 4.55. The summed E-state index contributed by atoms with van der Waals surface area (Å²) >= 11 is 1.49. The largest absolute Gasteiger partial charge is 0.480 e. The van der Waals surface area contributed by atoms with E-state index in [4.69, 9.17) is 5.11 Å². The topological polar surface area (TPSA) is 95.5 Å². The first-order chi connectivity index (χ1) is 10.1. The van der Waals surface area contributed by atoms with Crippen molar-refractivity contribution < 1.29 is 19.5 Å². The zero-order valence-corrected chi connectivity index (χ0v) is 12.4. The van der Waals surface area contributed by atoms with Gasteiger partial charge < -0.3 is 15.7 Å². The fraction of sp³-hybridized carbons (Fsp3) is 0.500. The lowest BCUT2D eigenvalue weighted by atomic mass is 10.1. The Balaban J connectivity index is 1.86. The molecule has 0 saturated heterocycles. The second-order valence-electron chi connectivity index (χ2n) is 4.97. The molecule has 0 atom stereocenters. The van der Waals surface area contributed by atoms with Crippen LogP contribution in [0, 0.1) is 0 Å². The van der Waals surface area contributed by atoms with Crippen LogP contribution in [0.5, 0.6) is 0 Å². The molecule has 0 bridgehead atoms. The van der Waals surface area contributed by atoms with Gasteiger partial charge in [-0.15, -0.1) is 11.3 Å². The molecule has 7 heteroatoms. The molecule has 6 nitrogen and oxygen atoms in total. The van der Waals surface area contributed by atoms with Crippen molar-refractivity contribution in [3.63, 3.8) is 0 Å².